The first kappa shape index (κ1) is 27.0. The molecule has 0 aliphatic heterocycles. The number of hydrogen-bond donors (Lipinski definition) is 2. The Morgan fingerprint density at radius 3 is 2.43 bits per heavy atom. The van der Waals surface area contributed by atoms with Crippen molar-refractivity contribution in [1.82, 2.24) is 9.55 Å². The normalized spacial score (nSPS) is 11.0. The van der Waals surface area contributed by atoms with Crippen LogP contribution in [0.25, 0.3) is 0 Å². The topological polar surface area (TPSA) is 93.5 Å². The van der Waals surface area contributed by atoms with Crippen LogP contribution < -0.4 is 5.32 Å². The third kappa shape index (κ3) is 6.16. The molecule has 3 aromatic rings. The summed E-state index contributed by atoms with van der Waals surface area (Å²) in [6.45, 7) is 4.63. The zero-order valence-electron chi connectivity index (χ0n) is 19.6. The molecule has 0 aliphatic carbocycles. The predicted octanol–water partition coefficient (Wildman–Crippen LogP) is 6.64. The number of rotatable bonds is 10. The molecule has 2 aromatic carbocycles. The molecule has 0 aliphatic rings. The molecule has 10 heteroatoms. The maximum Gasteiger partial charge on any atom is 0.338 e. The van der Waals surface area contributed by atoms with Gasteiger partial charge in [0.2, 0.25) is 0 Å². The van der Waals surface area contributed by atoms with Crippen molar-refractivity contribution in [3.63, 3.8) is 0 Å². The van der Waals surface area contributed by atoms with Crippen LogP contribution in [-0.2, 0) is 24.3 Å². The fourth-order valence-electron chi connectivity index (χ4n) is 3.74. The predicted molar refractivity (Wildman–Crippen MR) is 138 cm³/mol. The summed E-state index contributed by atoms with van der Waals surface area (Å²) in [4.78, 5) is 29.2. The van der Waals surface area contributed by atoms with E-state index in [9.17, 15) is 14.7 Å². The van der Waals surface area contributed by atoms with Crippen LogP contribution >= 0.6 is 34.8 Å². The second kappa shape index (κ2) is 11.9. The van der Waals surface area contributed by atoms with Gasteiger partial charge in [0.05, 0.1) is 33.5 Å². The van der Waals surface area contributed by atoms with Crippen molar-refractivity contribution in [2.24, 2.45) is 0 Å². The Bertz CT molecular complexity index is 1240. The van der Waals surface area contributed by atoms with Crippen molar-refractivity contribution in [2.45, 2.75) is 46.3 Å². The number of carboxylic acid groups (broad SMARTS) is 1. The number of aromatic carboxylic acids is 1. The molecule has 2 N–H and O–H groups in total. The number of carboxylic acids is 1. The Morgan fingerprint density at radius 2 is 1.83 bits per heavy atom. The standard InChI is InChI=1S/C25H26Cl3N3O4/c1-4-5-6-19-30-23(28)18(13-35-3)31(19)12-15-7-9-16(10-8-15)29-24(32)20-17(26)11-14(2)22(27)21(20)25(33)34/h7-11H,4-6,12-13H2,1-3H3,(H,29,32)(H,33,34). The lowest BCUT2D eigenvalue weighted by atomic mass is 10.0. The van der Waals surface area contributed by atoms with Crippen LogP contribution in [-0.4, -0.2) is 33.6 Å². The number of carbonyl (C=O) groups is 2. The number of ether oxygens (including phenoxy) is 1. The van der Waals surface area contributed by atoms with Crippen LogP contribution in [0.4, 0.5) is 5.69 Å². The maximum atomic E-state index is 12.9. The molecule has 0 spiro atoms. The van der Waals surface area contributed by atoms with Crippen molar-refractivity contribution in [2.75, 3.05) is 12.4 Å². The van der Waals surface area contributed by atoms with Gasteiger partial charge < -0.3 is 19.7 Å². The highest BCUT2D eigenvalue weighted by Crippen LogP contribution is 2.31. The number of carbonyl (C=O) groups excluding carboxylic acids is 1. The summed E-state index contributed by atoms with van der Waals surface area (Å²) in [5.41, 5.74) is 2.22. The van der Waals surface area contributed by atoms with Gasteiger partial charge in [0.15, 0.2) is 5.15 Å². The fourth-order valence-corrected chi connectivity index (χ4v) is 4.56. The summed E-state index contributed by atoms with van der Waals surface area (Å²) in [7, 11) is 1.61. The lowest BCUT2D eigenvalue weighted by Crippen LogP contribution is -2.18. The van der Waals surface area contributed by atoms with Crippen LogP contribution in [0.2, 0.25) is 15.2 Å². The van der Waals surface area contributed by atoms with E-state index in [0.717, 1.165) is 36.3 Å². The first-order chi connectivity index (χ1) is 16.7. The molecule has 1 amide bonds. The third-order valence-electron chi connectivity index (χ3n) is 5.53. The summed E-state index contributed by atoms with van der Waals surface area (Å²) in [6, 6.07) is 8.67. The Labute approximate surface area is 219 Å². The minimum atomic E-state index is -1.33. The van der Waals surface area contributed by atoms with E-state index in [1.165, 1.54) is 6.07 Å². The van der Waals surface area contributed by atoms with E-state index in [1.54, 1.807) is 26.2 Å². The summed E-state index contributed by atoms with van der Waals surface area (Å²) < 4.78 is 7.36. The number of methoxy groups -OCH3 is 1. The first-order valence-electron chi connectivity index (χ1n) is 11.0. The minimum Gasteiger partial charge on any atom is -0.478 e. The summed E-state index contributed by atoms with van der Waals surface area (Å²) in [6.07, 6.45) is 2.84. The van der Waals surface area contributed by atoms with E-state index >= 15 is 0 Å². The molecule has 7 nitrogen and oxygen atoms in total. The number of anilines is 1. The number of nitrogens with zero attached hydrogens (tertiary/aromatic N) is 2. The molecular weight excluding hydrogens is 513 g/mol. The van der Waals surface area contributed by atoms with Crippen LogP contribution in [0.1, 0.15) is 63.1 Å². The van der Waals surface area contributed by atoms with Gasteiger partial charge in [-0.15, -0.1) is 0 Å². The molecule has 35 heavy (non-hydrogen) atoms. The van der Waals surface area contributed by atoms with Crippen LogP contribution in [0.3, 0.4) is 0 Å². The average Bonchev–Trinajstić information content (AvgIpc) is 3.09. The third-order valence-corrected chi connectivity index (χ3v) is 6.62. The number of hydrogen-bond acceptors (Lipinski definition) is 4. The molecule has 1 heterocycles. The number of aromatic nitrogens is 2. The van der Waals surface area contributed by atoms with Crippen LogP contribution in [0.15, 0.2) is 30.3 Å². The Balaban J connectivity index is 1.84. The summed E-state index contributed by atoms with van der Waals surface area (Å²) in [5.74, 6) is -1.09. The summed E-state index contributed by atoms with van der Waals surface area (Å²) in [5, 5.41) is 12.7. The van der Waals surface area contributed by atoms with Gasteiger partial charge in [0.25, 0.3) is 5.91 Å². The molecule has 1 aromatic heterocycles. The van der Waals surface area contributed by atoms with E-state index in [1.807, 2.05) is 12.1 Å². The number of halogens is 3. The smallest absolute Gasteiger partial charge is 0.338 e. The number of benzene rings is 2. The van der Waals surface area contributed by atoms with E-state index in [0.29, 0.717) is 29.6 Å². The zero-order valence-corrected chi connectivity index (χ0v) is 21.9. The van der Waals surface area contributed by atoms with Gasteiger partial charge in [-0.2, -0.15) is 0 Å². The van der Waals surface area contributed by atoms with Gasteiger partial charge in [-0.05, 0) is 42.7 Å². The second-order valence-electron chi connectivity index (χ2n) is 8.08. The average molecular weight is 539 g/mol. The molecule has 0 radical (unpaired) electrons. The van der Waals surface area contributed by atoms with Gasteiger partial charge >= 0.3 is 5.97 Å². The highest BCUT2D eigenvalue weighted by molar-refractivity contribution is 6.39. The van der Waals surface area contributed by atoms with E-state index in [4.69, 9.17) is 39.5 Å². The van der Waals surface area contributed by atoms with E-state index in [2.05, 4.69) is 21.8 Å². The second-order valence-corrected chi connectivity index (χ2v) is 9.23. The van der Waals surface area contributed by atoms with Crippen molar-refractivity contribution < 1.29 is 19.4 Å². The van der Waals surface area contributed by atoms with Gasteiger partial charge in [-0.25, -0.2) is 9.78 Å². The molecule has 0 saturated carbocycles. The van der Waals surface area contributed by atoms with Gasteiger partial charge in [0, 0.05) is 25.8 Å². The SMILES string of the molecule is CCCCc1nc(Cl)c(COC)n1Cc1ccc(NC(=O)c2c(Cl)cc(C)c(Cl)c2C(=O)O)cc1. The van der Waals surface area contributed by atoms with Crippen molar-refractivity contribution in [1.29, 1.82) is 0 Å². The number of amides is 1. The number of imidazole rings is 1. The van der Waals surface area contributed by atoms with E-state index in [-0.39, 0.29) is 21.2 Å². The molecule has 0 saturated heterocycles. The highest BCUT2D eigenvalue weighted by Gasteiger charge is 2.25. The number of unbranched alkanes of at least 4 members (excludes halogenated alkanes) is 1. The largest absolute Gasteiger partial charge is 0.478 e. The van der Waals surface area contributed by atoms with Gasteiger partial charge in [0.1, 0.15) is 5.82 Å². The van der Waals surface area contributed by atoms with Gasteiger partial charge in [-0.3, -0.25) is 4.79 Å². The fraction of sp³-hybridized carbons (Fsp3) is 0.320. The zero-order chi connectivity index (χ0) is 25.7. The lowest BCUT2D eigenvalue weighted by Gasteiger charge is -2.14. The van der Waals surface area contributed by atoms with E-state index < -0.39 is 11.9 Å². The lowest BCUT2D eigenvalue weighted by molar-refractivity contribution is 0.0692. The monoisotopic (exact) mass is 537 g/mol. The van der Waals surface area contributed by atoms with Crippen molar-refractivity contribution in [3.8, 4) is 0 Å². The molecule has 3 rings (SSSR count). The Morgan fingerprint density at radius 1 is 1.14 bits per heavy atom. The number of nitrogens with one attached hydrogen (secondary N) is 1. The minimum absolute atomic E-state index is 0.0145. The quantitative estimate of drug-likeness (QED) is 0.302. The highest BCUT2D eigenvalue weighted by atomic mass is 35.5. The summed E-state index contributed by atoms with van der Waals surface area (Å²) >= 11 is 18.7. The van der Waals surface area contributed by atoms with Crippen LogP contribution in [0, 0.1) is 6.92 Å². The molecular formula is C25H26Cl3N3O4. The van der Waals surface area contributed by atoms with Gasteiger partial charge in [-0.1, -0.05) is 60.3 Å². The molecule has 0 unspecified atom stereocenters. The molecule has 0 bridgehead atoms. The molecule has 0 atom stereocenters. The maximum absolute atomic E-state index is 12.9. The number of aryl methyl sites for hydroxylation is 2. The van der Waals surface area contributed by atoms with Crippen LogP contribution in [0.5, 0.6) is 0 Å². The Hall–Kier alpha value is -2.58. The van der Waals surface area contributed by atoms with Crippen molar-refractivity contribution >= 4 is 52.4 Å². The Kier molecular flexibility index (Phi) is 9.19. The molecule has 0 fully saturated rings. The first-order valence-corrected chi connectivity index (χ1v) is 12.2. The van der Waals surface area contributed by atoms with Crippen molar-refractivity contribution in [3.05, 3.63) is 79.3 Å². The molecule has 186 valence electrons.